The molecule has 2 atom stereocenters. The van der Waals surface area contributed by atoms with E-state index in [2.05, 4.69) is 22.2 Å². The van der Waals surface area contributed by atoms with Crippen molar-refractivity contribution in [1.82, 2.24) is 9.97 Å². The van der Waals surface area contributed by atoms with Crippen molar-refractivity contribution in [2.75, 3.05) is 29.1 Å². The van der Waals surface area contributed by atoms with Crippen LogP contribution in [-0.2, 0) is 6.18 Å². The lowest BCUT2D eigenvalue weighted by molar-refractivity contribution is -0.137. The molecule has 2 aliphatic rings. The lowest BCUT2D eigenvalue weighted by Crippen LogP contribution is -2.29. The number of benzene rings is 1. The second kappa shape index (κ2) is 8.24. The predicted octanol–water partition coefficient (Wildman–Crippen LogP) is 5.67. The van der Waals surface area contributed by atoms with Crippen LogP contribution in [-0.4, -0.2) is 33.6 Å². The molecule has 0 aliphatic carbocycles. The third kappa shape index (κ3) is 4.36. The summed E-state index contributed by atoms with van der Waals surface area (Å²) in [4.78, 5) is 10.1. The normalized spacial score (nSPS) is 24.4. The molecule has 0 amide bonds. The number of rotatable bonds is 5. The van der Waals surface area contributed by atoms with Gasteiger partial charge in [0, 0.05) is 17.8 Å². The predicted molar refractivity (Wildman–Crippen MR) is 111 cm³/mol. The van der Waals surface area contributed by atoms with Gasteiger partial charge in [0.25, 0.3) is 0 Å². The Morgan fingerprint density at radius 2 is 1.97 bits per heavy atom. The van der Waals surface area contributed by atoms with Crippen LogP contribution in [0.25, 0.3) is 0 Å². The van der Waals surface area contributed by atoms with Gasteiger partial charge in [-0.2, -0.15) is 29.3 Å². The van der Waals surface area contributed by atoms with Crippen LogP contribution in [0.4, 0.5) is 29.2 Å². The summed E-state index contributed by atoms with van der Waals surface area (Å²) in [6.07, 6.45) is 0.739. The first-order valence-electron chi connectivity index (χ1n) is 10.1. The zero-order valence-corrected chi connectivity index (χ0v) is 17.5. The maximum Gasteiger partial charge on any atom is 0.416 e. The van der Waals surface area contributed by atoms with Gasteiger partial charge >= 0.3 is 6.18 Å². The van der Waals surface area contributed by atoms with Crippen LogP contribution in [0.5, 0.6) is 0 Å². The molecule has 162 valence electrons. The Hall–Kier alpha value is -2.03. The summed E-state index contributed by atoms with van der Waals surface area (Å²) >= 11 is 1.88. The van der Waals surface area contributed by atoms with Gasteiger partial charge in [0.15, 0.2) is 11.6 Å². The maximum atomic E-state index is 15.2. The molecule has 1 N–H and O–H groups in total. The van der Waals surface area contributed by atoms with Gasteiger partial charge in [0.1, 0.15) is 6.33 Å². The van der Waals surface area contributed by atoms with Crippen LogP contribution in [0.1, 0.15) is 49.8 Å². The average molecular weight is 441 g/mol. The van der Waals surface area contributed by atoms with E-state index in [-0.39, 0.29) is 22.4 Å². The summed E-state index contributed by atoms with van der Waals surface area (Å²) < 4.78 is 53.9. The minimum absolute atomic E-state index is 0.0635. The van der Waals surface area contributed by atoms with Crippen LogP contribution >= 0.6 is 11.8 Å². The number of thioether (sulfide) groups is 1. The fraction of sp³-hybridized carbons (Fsp3) is 0.524. The molecule has 1 aromatic carbocycles. The smallest absolute Gasteiger partial charge is 0.366 e. The Bertz CT molecular complexity index is 882. The summed E-state index contributed by atoms with van der Waals surface area (Å²) in [6, 6.07) is 4.89. The third-order valence-corrected chi connectivity index (χ3v) is 7.39. The molecule has 9 heteroatoms. The molecule has 3 heterocycles. The number of aromatic nitrogens is 2. The maximum absolute atomic E-state index is 15.2. The Labute approximate surface area is 177 Å². The lowest BCUT2D eigenvalue weighted by Gasteiger charge is -2.28. The molecular weight excluding hydrogens is 416 g/mol. The molecule has 0 radical (unpaired) electrons. The Morgan fingerprint density at radius 1 is 1.20 bits per heavy atom. The van der Waals surface area contributed by atoms with Crippen LogP contribution in [0, 0.1) is 5.82 Å². The van der Waals surface area contributed by atoms with Crippen molar-refractivity contribution in [3.63, 3.8) is 0 Å². The number of halogens is 4. The Morgan fingerprint density at radius 3 is 2.63 bits per heavy atom. The minimum Gasteiger partial charge on any atom is -0.366 e. The molecule has 1 unspecified atom stereocenters. The van der Waals surface area contributed by atoms with Gasteiger partial charge in [-0.05, 0) is 56.1 Å². The highest BCUT2D eigenvalue weighted by atomic mass is 32.2. The highest BCUT2D eigenvalue weighted by molar-refractivity contribution is 8.00. The molecule has 0 saturated carbocycles. The van der Waals surface area contributed by atoms with Crippen molar-refractivity contribution in [1.29, 1.82) is 0 Å². The quantitative estimate of drug-likeness (QED) is 0.607. The van der Waals surface area contributed by atoms with E-state index >= 15 is 4.39 Å². The molecule has 30 heavy (non-hydrogen) atoms. The van der Waals surface area contributed by atoms with E-state index in [1.165, 1.54) is 18.5 Å². The zero-order valence-electron chi connectivity index (χ0n) is 16.7. The van der Waals surface area contributed by atoms with E-state index in [0.29, 0.717) is 13.1 Å². The molecular formula is C21H24F4N4S. The van der Waals surface area contributed by atoms with Gasteiger partial charge in [-0.1, -0.05) is 12.1 Å². The van der Waals surface area contributed by atoms with E-state index in [9.17, 15) is 13.2 Å². The topological polar surface area (TPSA) is 41.1 Å². The fourth-order valence-corrected chi connectivity index (χ4v) is 5.44. The number of anilines is 2. The van der Waals surface area contributed by atoms with E-state index in [4.69, 9.17) is 0 Å². The molecule has 0 spiro atoms. The van der Waals surface area contributed by atoms with Crippen LogP contribution in [0.15, 0.2) is 30.6 Å². The Kier molecular flexibility index (Phi) is 5.83. The highest BCUT2D eigenvalue weighted by Crippen LogP contribution is 2.40. The average Bonchev–Trinajstić information content (AvgIpc) is 3.36. The summed E-state index contributed by atoms with van der Waals surface area (Å²) in [5.41, 5.74) is 0.0386. The van der Waals surface area contributed by atoms with Crippen molar-refractivity contribution >= 4 is 23.4 Å². The molecule has 2 fully saturated rings. The third-order valence-electron chi connectivity index (χ3n) is 5.85. The van der Waals surface area contributed by atoms with Crippen molar-refractivity contribution < 1.29 is 17.6 Å². The van der Waals surface area contributed by atoms with Crippen LogP contribution in [0.3, 0.4) is 0 Å². The van der Waals surface area contributed by atoms with Gasteiger partial charge in [-0.25, -0.2) is 9.97 Å². The van der Waals surface area contributed by atoms with Gasteiger partial charge in [-0.3, -0.25) is 0 Å². The summed E-state index contributed by atoms with van der Waals surface area (Å²) in [5.74, 6) is 0.965. The number of alkyl halides is 3. The van der Waals surface area contributed by atoms with E-state index < -0.39 is 17.6 Å². The largest absolute Gasteiger partial charge is 0.416 e. The fourth-order valence-electron chi connectivity index (χ4n) is 4.19. The number of hydrogen-bond donors (Lipinski definition) is 1. The molecule has 4 rings (SSSR count). The van der Waals surface area contributed by atoms with Gasteiger partial charge in [0.05, 0.1) is 11.6 Å². The van der Waals surface area contributed by atoms with Crippen molar-refractivity contribution in [3.05, 3.63) is 47.5 Å². The standard InChI is InChI=1S/C21H24F4N4S/c1-20(9-3-11-30-20)12-26-18-17(22)19(28-13-27-18)29-10-2-4-16(29)14-5-7-15(8-6-14)21(23,24)25/h5-8,13,16H,2-4,9-12H2,1H3,(H,26,27,28)/t16-,20?/m1/s1. The minimum atomic E-state index is -4.37. The number of nitrogens with one attached hydrogen (secondary N) is 1. The lowest BCUT2D eigenvalue weighted by atomic mass is 10.0. The van der Waals surface area contributed by atoms with E-state index in [1.807, 2.05) is 16.7 Å². The van der Waals surface area contributed by atoms with Gasteiger partial charge in [0.2, 0.25) is 5.82 Å². The number of nitrogens with zero attached hydrogens (tertiary/aromatic N) is 3. The summed E-state index contributed by atoms with van der Waals surface area (Å²) in [5, 5.41) is 3.14. The first-order chi connectivity index (χ1) is 14.3. The second-order valence-corrected chi connectivity index (χ2v) is 9.77. The van der Waals surface area contributed by atoms with Crippen LogP contribution in [0.2, 0.25) is 0 Å². The Balaban J connectivity index is 1.54. The molecule has 2 saturated heterocycles. The van der Waals surface area contributed by atoms with Crippen molar-refractivity contribution in [2.45, 2.75) is 49.6 Å². The van der Waals surface area contributed by atoms with Crippen molar-refractivity contribution in [2.24, 2.45) is 0 Å². The SMILES string of the molecule is CC1(CNc2ncnc(N3CCC[C@@H]3c3ccc(C(F)(F)F)cc3)c2F)CCCS1. The number of hydrogen-bond acceptors (Lipinski definition) is 5. The van der Waals surface area contributed by atoms with Crippen LogP contribution < -0.4 is 10.2 Å². The monoisotopic (exact) mass is 440 g/mol. The molecule has 4 nitrogen and oxygen atoms in total. The summed E-state index contributed by atoms with van der Waals surface area (Å²) in [6.45, 7) is 3.37. The molecule has 2 aromatic rings. The molecule has 1 aromatic heterocycles. The van der Waals surface area contributed by atoms with E-state index in [0.717, 1.165) is 49.1 Å². The van der Waals surface area contributed by atoms with Gasteiger partial charge < -0.3 is 10.2 Å². The second-order valence-electron chi connectivity index (χ2n) is 8.09. The zero-order chi connectivity index (χ0) is 21.4. The van der Waals surface area contributed by atoms with Crippen molar-refractivity contribution in [3.8, 4) is 0 Å². The first kappa shape index (κ1) is 21.2. The first-order valence-corrected chi connectivity index (χ1v) is 11.1. The summed E-state index contributed by atoms with van der Waals surface area (Å²) in [7, 11) is 0. The van der Waals surface area contributed by atoms with Gasteiger partial charge in [-0.15, -0.1) is 0 Å². The van der Waals surface area contributed by atoms with E-state index in [1.54, 1.807) is 0 Å². The highest BCUT2D eigenvalue weighted by Gasteiger charge is 2.34. The molecule has 2 aliphatic heterocycles. The molecule has 0 bridgehead atoms.